The zero-order valence-electron chi connectivity index (χ0n) is 12.5. The Morgan fingerprint density at radius 2 is 1.90 bits per heavy atom. The second-order valence-electron chi connectivity index (χ2n) is 6.21. The molecule has 2 unspecified atom stereocenters. The number of hydrogen-bond donors (Lipinski definition) is 1. The van der Waals surface area contributed by atoms with Crippen LogP contribution in [0.5, 0.6) is 0 Å². The highest BCUT2D eigenvalue weighted by Gasteiger charge is 2.27. The van der Waals surface area contributed by atoms with Gasteiger partial charge in [-0.3, -0.25) is 0 Å². The van der Waals surface area contributed by atoms with Crippen molar-refractivity contribution in [1.82, 2.24) is 5.32 Å². The quantitative estimate of drug-likeness (QED) is 0.708. The summed E-state index contributed by atoms with van der Waals surface area (Å²) in [7, 11) is 0. The Morgan fingerprint density at radius 1 is 1.15 bits per heavy atom. The largest absolute Gasteiger partial charge is 0.314 e. The lowest BCUT2D eigenvalue weighted by Gasteiger charge is -2.28. The Bertz CT molecular complexity index is 431. The molecule has 1 aliphatic rings. The maximum atomic E-state index is 6.46. The fourth-order valence-electron chi connectivity index (χ4n) is 3.23. The topological polar surface area (TPSA) is 12.0 Å². The van der Waals surface area contributed by atoms with Gasteiger partial charge in [0.1, 0.15) is 0 Å². The first kappa shape index (κ1) is 16.1. The Labute approximate surface area is 133 Å². The first-order valence-electron chi connectivity index (χ1n) is 7.77. The van der Waals surface area contributed by atoms with Crippen molar-refractivity contribution in [3.63, 3.8) is 0 Å². The maximum absolute atomic E-state index is 6.46. The summed E-state index contributed by atoms with van der Waals surface area (Å²) in [5, 5.41) is 5.04. The standard InChI is InChI=1S/C17H25Cl2N/c1-12(2)20-11-13-7-4-3-5-8-14(13)15-9-6-10-16(18)17(15)19/h6,9-10,12-14,20H,3-5,7-8,11H2,1-2H3. The van der Waals surface area contributed by atoms with Crippen LogP contribution in [0.25, 0.3) is 0 Å². The van der Waals surface area contributed by atoms with Gasteiger partial charge < -0.3 is 5.32 Å². The minimum Gasteiger partial charge on any atom is -0.314 e. The highest BCUT2D eigenvalue weighted by atomic mass is 35.5. The molecule has 1 aliphatic carbocycles. The van der Waals surface area contributed by atoms with Gasteiger partial charge in [0.15, 0.2) is 0 Å². The summed E-state index contributed by atoms with van der Waals surface area (Å²) >= 11 is 12.7. The molecule has 0 aliphatic heterocycles. The van der Waals surface area contributed by atoms with Crippen LogP contribution in [0.4, 0.5) is 0 Å². The van der Waals surface area contributed by atoms with Gasteiger partial charge in [-0.2, -0.15) is 0 Å². The Morgan fingerprint density at radius 3 is 2.65 bits per heavy atom. The van der Waals surface area contributed by atoms with Crippen LogP contribution in [-0.2, 0) is 0 Å². The smallest absolute Gasteiger partial charge is 0.0627 e. The van der Waals surface area contributed by atoms with Crippen molar-refractivity contribution in [1.29, 1.82) is 0 Å². The van der Waals surface area contributed by atoms with E-state index in [2.05, 4.69) is 25.2 Å². The molecule has 1 nitrogen and oxygen atoms in total. The molecule has 0 aromatic heterocycles. The van der Waals surface area contributed by atoms with Crippen LogP contribution in [-0.4, -0.2) is 12.6 Å². The van der Waals surface area contributed by atoms with Crippen LogP contribution >= 0.6 is 23.2 Å². The zero-order valence-corrected chi connectivity index (χ0v) is 14.0. The van der Waals surface area contributed by atoms with Crippen LogP contribution in [0.2, 0.25) is 10.0 Å². The molecule has 112 valence electrons. The molecule has 2 rings (SSSR count). The van der Waals surface area contributed by atoms with Crippen LogP contribution < -0.4 is 5.32 Å². The molecule has 1 saturated carbocycles. The van der Waals surface area contributed by atoms with Gasteiger partial charge in [0.2, 0.25) is 0 Å². The molecule has 20 heavy (non-hydrogen) atoms. The van der Waals surface area contributed by atoms with Crippen molar-refractivity contribution < 1.29 is 0 Å². The van der Waals surface area contributed by atoms with E-state index in [4.69, 9.17) is 23.2 Å². The monoisotopic (exact) mass is 313 g/mol. The van der Waals surface area contributed by atoms with Crippen LogP contribution in [0, 0.1) is 5.92 Å². The van der Waals surface area contributed by atoms with E-state index < -0.39 is 0 Å². The summed E-state index contributed by atoms with van der Waals surface area (Å²) in [5.74, 6) is 1.20. The van der Waals surface area contributed by atoms with Crippen LogP contribution in [0.15, 0.2) is 18.2 Å². The minimum absolute atomic E-state index is 0.536. The number of hydrogen-bond acceptors (Lipinski definition) is 1. The van der Waals surface area contributed by atoms with E-state index in [1.54, 1.807) is 0 Å². The number of nitrogens with one attached hydrogen (secondary N) is 1. The van der Waals surface area contributed by atoms with Gasteiger partial charge >= 0.3 is 0 Å². The van der Waals surface area contributed by atoms with E-state index in [9.17, 15) is 0 Å². The summed E-state index contributed by atoms with van der Waals surface area (Å²) in [5.41, 5.74) is 1.25. The summed E-state index contributed by atoms with van der Waals surface area (Å²) in [6, 6.07) is 6.60. The highest BCUT2D eigenvalue weighted by molar-refractivity contribution is 6.42. The van der Waals surface area contributed by atoms with Gasteiger partial charge in [-0.05, 0) is 42.9 Å². The van der Waals surface area contributed by atoms with Crippen molar-refractivity contribution in [2.75, 3.05) is 6.54 Å². The van der Waals surface area contributed by atoms with Crippen molar-refractivity contribution in [2.45, 2.75) is 57.9 Å². The van der Waals surface area contributed by atoms with E-state index in [0.717, 1.165) is 11.6 Å². The van der Waals surface area contributed by atoms with Gasteiger partial charge in [0, 0.05) is 6.04 Å². The predicted octanol–water partition coefficient (Wildman–Crippen LogP) is 5.66. The molecule has 0 saturated heterocycles. The lowest BCUT2D eigenvalue weighted by Crippen LogP contribution is -2.31. The van der Waals surface area contributed by atoms with Crippen LogP contribution in [0.3, 0.4) is 0 Å². The maximum Gasteiger partial charge on any atom is 0.0627 e. The Balaban J connectivity index is 2.21. The lowest BCUT2D eigenvalue weighted by atomic mass is 9.82. The highest BCUT2D eigenvalue weighted by Crippen LogP contribution is 2.41. The molecular formula is C17H25Cl2N. The number of halogens is 2. The van der Waals surface area contributed by atoms with Crippen molar-refractivity contribution >= 4 is 23.2 Å². The fourth-order valence-corrected chi connectivity index (χ4v) is 3.68. The van der Waals surface area contributed by atoms with Gasteiger partial charge in [0.05, 0.1) is 10.0 Å². The SMILES string of the molecule is CC(C)NCC1CCCCCC1c1cccc(Cl)c1Cl. The summed E-state index contributed by atoms with van der Waals surface area (Å²) in [6.07, 6.45) is 6.48. The second-order valence-corrected chi connectivity index (χ2v) is 7.00. The fraction of sp³-hybridized carbons (Fsp3) is 0.647. The summed E-state index contributed by atoms with van der Waals surface area (Å²) < 4.78 is 0. The van der Waals surface area contributed by atoms with Crippen molar-refractivity contribution in [3.05, 3.63) is 33.8 Å². The molecule has 0 amide bonds. The number of benzene rings is 1. The third-order valence-corrected chi connectivity index (χ3v) is 5.16. The average molecular weight is 314 g/mol. The second kappa shape index (κ2) is 7.68. The molecule has 1 aromatic carbocycles. The molecule has 1 fully saturated rings. The Kier molecular flexibility index (Phi) is 6.20. The molecule has 1 N–H and O–H groups in total. The van der Waals surface area contributed by atoms with Gasteiger partial charge in [0.25, 0.3) is 0 Å². The molecule has 3 heteroatoms. The molecular weight excluding hydrogens is 289 g/mol. The molecule has 0 spiro atoms. The van der Waals surface area contributed by atoms with E-state index in [-0.39, 0.29) is 0 Å². The summed E-state index contributed by atoms with van der Waals surface area (Å²) in [6.45, 7) is 5.49. The molecule has 0 heterocycles. The number of rotatable bonds is 4. The first-order valence-corrected chi connectivity index (χ1v) is 8.52. The lowest BCUT2D eigenvalue weighted by molar-refractivity contribution is 0.363. The molecule has 0 radical (unpaired) electrons. The van der Waals surface area contributed by atoms with Gasteiger partial charge in [-0.15, -0.1) is 0 Å². The molecule has 0 bridgehead atoms. The summed E-state index contributed by atoms with van der Waals surface area (Å²) in [4.78, 5) is 0. The third kappa shape index (κ3) is 4.13. The Hall–Kier alpha value is -0.240. The average Bonchev–Trinajstić information content (AvgIpc) is 2.65. The van der Waals surface area contributed by atoms with Crippen LogP contribution in [0.1, 0.15) is 57.4 Å². The van der Waals surface area contributed by atoms with E-state index in [1.807, 2.05) is 12.1 Å². The molecule has 2 atom stereocenters. The van der Waals surface area contributed by atoms with Crippen molar-refractivity contribution in [3.8, 4) is 0 Å². The molecule has 1 aromatic rings. The van der Waals surface area contributed by atoms with Gasteiger partial charge in [-0.25, -0.2) is 0 Å². The van der Waals surface area contributed by atoms with E-state index in [1.165, 1.54) is 37.7 Å². The van der Waals surface area contributed by atoms with E-state index >= 15 is 0 Å². The van der Waals surface area contributed by atoms with Crippen molar-refractivity contribution in [2.24, 2.45) is 5.92 Å². The van der Waals surface area contributed by atoms with E-state index in [0.29, 0.717) is 22.9 Å². The predicted molar refractivity (Wildman–Crippen MR) is 88.9 cm³/mol. The van der Waals surface area contributed by atoms with Gasteiger partial charge in [-0.1, -0.05) is 68.4 Å². The normalized spacial score (nSPS) is 23.9. The first-order chi connectivity index (χ1) is 9.59. The minimum atomic E-state index is 0.536. The third-order valence-electron chi connectivity index (χ3n) is 4.33. The zero-order chi connectivity index (χ0) is 14.5.